The van der Waals surface area contributed by atoms with Crippen molar-refractivity contribution in [3.8, 4) is 11.5 Å². The average Bonchev–Trinajstić information content (AvgIpc) is 3.43. The third-order valence-corrected chi connectivity index (χ3v) is 7.62. The van der Waals surface area contributed by atoms with Crippen molar-refractivity contribution >= 4 is 11.9 Å². The Morgan fingerprint density at radius 1 is 0.972 bits per heavy atom. The van der Waals surface area contributed by atoms with E-state index in [1.165, 1.54) is 0 Å². The first-order chi connectivity index (χ1) is 17.5. The van der Waals surface area contributed by atoms with Crippen molar-refractivity contribution in [1.29, 1.82) is 0 Å². The van der Waals surface area contributed by atoms with Gasteiger partial charge in [-0.05, 0) is 35.6 Å². The molecule has 3 aromatic carbocycles. The Hall–Kier alpha value is -3.80. The number of ether oxygens (including phenoxy) is 2. The van der Waals surface area contributed by atoms with E-state index in [0.717, 1.165) is 47.9 Å². The summed E-state index contributed by atoms with van der Waals surface area (Å²) in [6.45, 7) is 0.566. The van der Waals surface area contributed by atoms with Gasteiger partial charge in [0.2, 0.25) is 5.91 Å². The van der Waals surface area contributed by atoms with Crippen molar-refractivity contribution in [1.82, 2.24) is 4.90 Å². The summed E-state index contributed by atoms with van der Waals surface area (Å²) >= 11 is 0. The highest BCUT2D eigenvalue weighted by Crippen LogP contribution is 2.45. The summed E-state index contributed by atoms with van der Waals surface area (Å²) in [6.07, 6.45) is 3.55. The summed E-state index contributed by atoms with van der Waals surface area (Å²) in [5.74, 6) is 0.0137. The van der Waals surface area contributed by atoms with Crippen molar-refractivity contribution < 1.29 is 24.2 Å². The summed E-state index contributed by atoms with van der Waals surface area (Å²) < 4.78 is 11.8. The summed E-state index contributed by atoms with van der Waals surface area (Å²) in [5.41, 5.74) is 2.99. The number of carboxylic acid groups (broad SMARTS) is 1. The molecule has 0 bridgehead atoms. The third kappa shape index (κ3) is 4.32. The number of carboxylic acids is 1. The molecule has 1 atom stereocenters. The van der Waals surface area contributed by atoms with Gasteiger partial charge in [-0.3, -0.25) is 4.79 Å². The number of hydrogen-bond donors (Lipinski definition) is 1. The Morgan fingerprint density at radius 2 is 1.64 bits per heavy atom. The molecule has 1 heterocycles. The van der Waals surface area contributed by atoms with Crippen LogP contribution in [0.2, 0.25) is 0 Å². The SMILES string of the molecule is COc1ccc2c(c1OCc1ccccc1)CC(C(=O)O)N(C(=O)C1(c3ccccc3)CCCC1)C2. The number of rotatable bonds is 7. The molecule has 1 unspecified atom stereocenters. The first-order valence-electron chi connectivity index (χ1n) is 12.5. The number of carbonyl (C=O) groups is 2. The zero-order valence-electron chi connectivity index (χ0n) is 20.5. The molecule has 5 rings (SSSR count). The number of fused-ring (bicyclic) bond motifs is 1. The lowest BCUT2D eigenvalue weighted by Gasteiger charge is -2.41. The monoisotopic (exact) mass is 485 g/mol. The van der Waals surface area contributed by atoms with Crippen LogP contribution in [0.1, 0.15) is 47.9 Å². The number of aliphatic carboxylic acids is 1. The average molecular weight is 486 g/mol. The summed E-state index contributed by atoms with van der Waals surface area (Å²) in [7, 11) is 1.58. The molecule has 1 aliphatic carbocycles. The Morgan fingerprint density at radius 3 is 2.28 bits per heavy atom. The highest BCUT2D eigenvalue weighted by Gasteiger charge is 2.48. The fraction of sp³-hybridized carbons (Fsp3) is 0.333. The molecule has 0 aromatic heterocycles. The van der Waals surface area contributed by atoms with E-state index in [1.807, 2.05) is 72.8 Å². The van der Waals surface area contributed by atoms with E-state index in [1.54, 1.807) is 12.0 Å². The van der Waals surface area contributed by atoms with Gasteiger partial charge in [0.05, 0.1) is 12.5 Å². The van der Waals surface area contributed by atoms with Crippen molar-refractivity contribution in [2.45, 2.75) is 56.7 Å². The van der Waals surface area contributed by atoms with Crippen LogP contribution in [0.4, 0.5) is 0 Å². The Labute approximate surface area is 211 Å². The highest BCUT2D eigenvalue weighted by atomic mass is 16.5. The van der Waals surface area contributed by atoms with Crippen molar-refractivity contribution in [3.63, 3.8) is 0 Å². The molecule has 0 saturated heterocycles. The molecule has 6 heteroatoms. The van der Waals surface area contributed by atoms with Crippen LogP contribution in [0.3, 0.4) is 0 Å². The minimum absolute atomic E-state index is 0.0909. The second-order valence-electron chi connectivity index (χ2n) is 9.66. The number of amides is 1. The number of methoxy groups -OCH3 is 1. The van der Waals surface area contributed by atoms with Gasteiger partial charge in [-0.2, -0.15) is 0 Å². The van der Waals surface area contributed by atoms with Crippen LogP contribution in [0, 0.1) is 0 Å². The van der Waals surface area contributed by atoms with Gasteiger partial charge in [-0.25, -0.2) is 4.79 Å². The van der Waals surface area contributed by atoms with E-state index in [4.69, 9.17) is 9.47 Å². The molecule has 1 saturated carbocycles. The van der Waals surface area contributed by atoms with Crippen molar-refractivity contribution in [2.75, 3.05) is 7.11 Å². The Bertz CT molecular complexity index is 1230. The zero-order valence-corrected chi connectivity index (χ0v) is 20.5. The Kier molecular flexibility index (Phi) is 6.68. The van der Waals surface area contributed by atoms with Crippen LogP contribution in [-0.2, 0) is 34.6 Å². The van der Waals surface area contributed by atoms with Crippen LogP contribution in [-0.4, -0.2) is 35.0 Å². The maximum absolute atomic E-state index is 14.2. The number of nitrogens with zero attached hydrogens (tertiary/aromatic N) is 1. The molecule has 0 spiro atoms. The standard InChI is InChI=1S/C30H31NO5/c1-35-26-15-14-22-19-31(29(34)30(16-8-9-17-30)23-12-6-3-7-13-23)25(28(32)33)18-24(22)27(26)36-20-21-10-4-2-5-11-21/h2-7,10-15,25H,8-9,16-20H2,1H3,(H,32,33). The molecule has 6 nitrogen and oxygen atoms in total. The van der Waals surface area contributed by atoms with Gasteiger partial charge in [0.25, 0.3) is 0 Å². The van der Waals surface area contributed by atoms with Crippen LogP contribution in [0.15, 0.2) is 72.8 Å². The molecule has 0 radical (unpaired) electrons. The van der Waals surface area contributed by atoms with Crippen molar-refractivity contribution in [2.24, 2.45) is 0 Å². The predicted molar refractivity (Wildman–Crippen MR) is 136 cm³/mol. The van der Waals surface area contributed by atoms with Gasteiger partial charge in [-0.15, -0.1) is 0 Å². The maximum atomic E-state index is 14.2. The quantitative estimate of drug-likeness (QED) is 0.503. The molecular formula is C30H31NO5. The molecule has 2 aliphatic rings. The second kappa shape index (κ2) is 10.1. The molecular weight excluding hydrogens is 454 g/mol. The Balaban J connectivity index is 1.50. The van der Waals surface area contributed by atoms with Gasteiger partial charge in [-0.1, -0.05) is 79.6 Å². The van der Waals surface area contributed by atoms with Gasteiger partial charge in [0, 0.05) is 18.5 Å². The molecule has 3 aromatic rings. The molecule has 1 N–H and O–H groups in total. The van der Waals surface area contributed by atoms with E-state index in [0.29, 0.717) is 18.1 Å². The van der Waals surface area contributed by atoms with Gasteiger partial charge >= 0.3 is 5.97 Å². The van der Waals surface area contributed by atoms with E-state index >= 15 is 0 Å². The summed E-state index contributed by atoms with van der Waals surface area (Å²) in [6, 6.07) is 22.4. The molecule has 186 valence electrons. The van der Waals surface area contributed by atoms with Crippen molar-refractivity contribution in [3.05, 3.63) is 95.1 Å². The van der Waals surface area contributed by atoms with E-state index in [2.05, 4.69) is 0 Å². The van der Waals surface area contributed by atoms with E-state index in [-0.39, 0.29) is 18.9 Å². The second-order valence-corrected chi connectivity index (χ2v) is 9.66. The molecule has 1 fully saturated rings. The number of carbonyl (C=O) groups excluding carboxylic acids is 1. The van der Waals surface area contributed by atoms with Gasteiger partial charge in [0.15, 0.2) is 11.5 Å². The van der Waals surface area contributed by atoms with Crippen LogP contribution < -0.4 is 9.47 Å². The van der Waals surface area contributed by atoms with Crippen LogP contribution in [0.25, 0.3) is 0 Å². The van der Waals surface area contributed by atoms with E-state index < -0.39 is 17.4 Å². The third-order valence-electron chi connectivity index (χ3n) is 7.62. The summed E-state index contributed by atoms with van der Waals surface area (Å²) in [5, 5.41) is 10.2. The minimum atomic E-state index is -1.01. The van der Waals surface area contributed by atoms with Crippen LogP contribution in [0.5, 0.6) is 11.5 Å². The molecule has 1 aliphatic heterocycles. The molecule has 36 heavy (non-hydrogen) atoms. The lowest BCUT2D eigenvalue weighted by atomic mass is 9.76. The molecule has 1 amide bonds. The smallest absolute Gasteiger partial charge is 0.326 e. The minimum Gasteiger partial charge on any atom is -0.493 e. The fourth-order valence-electron chi connectivity index (χ4n) is 5.74. The zero-order chi connectivity index (χ0) is 25.1. The van der Waals surface area contributed by atoms with Gasteiger partial charge < -0.3 is 19.5 Å². The predicted octanol–water partition coefficient (Wildman–Crippen LogP) is 5.12. The fourth-order valence-corrected chi connectivity index (χ4v) is 5.74. The first-order valence-corrected chi connectivity index (χ1v) is 12.5. The normalized spacial score (nSPS) is 18.4. The largest absolute Gasteiger partial charge is 0.493 e. The number of hydrogen-bond acceptors (Lipinski definition) is 4. The van der Waals surface area contributed by atoms with Crippen LogP contribution >= 0.6 is 0 Å². The summed E-state index contributed by atoms with van der Waals surface area (Å²) in [4.78, 5) is 28.3. The highest BCUT2D eigenvalue weighted by molar-refractivity contribution is 5.92. The first kappa shape index (κ1) is 23.9. The van der Waals surface area contributed by atoms with E-state index in [9.17, 15) is 14.7 Å². The lowest BCUT2D eigenvalue weighted by molar-refractivity contribution is -0.154. The topological polar surface area (TPSA) is 76.1 Å². The number of benzene rings is 3. The van der Waals surface area contributed by atoms with Gasteiger partial charge in [0.1, 0.15) is 12.6 Å². The lowest BCUT2D eigenvalue weighted by Crippen LogP contribution is -2.54. The maximum Gasteiger partial charge on any atom is 0.326 e.